The van der Waals surface area contributed by atoms with E-state index < -0.39 is 112 Å². The highest BCUT2D eigenvalue weighted by Gasteiger charge is 2.36. The number of non-ortho nitro benzene ring substituents is 1. The van der Waals surface area contributed by atoms with Crippen LogP contribution in [0.2, 0.25) is 0 Å². The highest BCUT2D eigenvalue weighted by atomic mass is 32.1. The fraction of sp³-hybridized carbons (Fsp3) is 0.270. The predicted octanol–water partition coefficient (Wildman–Crippen LogP) is 17.3. The Hall–Kier alpha value is -15.9. The Bertz CT molecular complexity index is 6050. The quantitative estimate of drug-likeness (QED) is 0.00396. The van der Waals surface area contributed by atoms with Crippen LogP contribution in [-0.4, -0.2) is 158 Å². The van der Waals surface area contributed by atoms with Crippen molar-refractivity contribution in [3.63, 3.8) is 0 Å². The van der Waals surface area contributed by atoms with Crippen molar-refractivity contribution in [2.75, 3.05) is 53.2 Å². The number of ether oxygens (including phenoxy) is 17. The van der Waals surface area contributed by atoms with Gasteiger partial charge >= 0.3 is 71.6 Å². The Labute approximate surface area is 795 Å². The molecule has 37 heteroatoms. The molecule has 1 aliphatic heterocycles. The van der Waals surface area contributed by atoms with Gasteiger partial charge in [0.15, 0.2) is 42.0 Å². The van der Waals surface area contributed by atoms with Gasteiger partial charge in [-0.15, -0.1) is 22.7 Å². The molecule has 2 saturated carbocycles. The first kappa shape index (κ1) is 106. The van der Waals surface area contributed by atoms with Gasteiger partial charge in [-0.2, -0.15) is 5.26 Å². The van der Waals surface area contributed by atoms with Crippen molar-refractivity contribution in [2.24, 2.45) is 23.7 Å². The number of hydrogen-bond donors (Lipinski definition) is 0. The number of aromatic nitrogens is 2. The molecule has 3 unspecified atom stereocenters. The second-order valence-corrected chi connectivity index (χ2v) is 31.2. The number of nitrogens with zero attached hydrogens (tertiary/aromatic N) is 4. The molecular weight excluding hydrogens is 1820 g/mol. The second kappa shape index (κ2) is 51.9. The molecule has 8 aromatic carbocycles. The molecule has 3 aliphatic rings. The lowest BCUT2D eigenvalue weighted by molar-refractivity contribution is -0.384. The number of carbonyl (C=O) groups is 12. The monoisotopic (exact) mass is 1910 g/mol. The van der Waals surface area contributed by atoms with Crippen molar-refractivity contribution in [1.82, 2.24) is 9.97 Å². The van der Waals surface area contributed by atoms with Gasteiger partial charge in [0.25, 0.3) is 5.69 Å². The van der Waals surface area contributed by atoms with Crippen molar-refractivity contribution < 1.29 is 143 Å². The lowest BCUT2D eigenvalue weighted by Gasteiger charge is -2.26. The Kier molecular flexibility index (Phi) is 40.3. The molecular formula is C100H98N4O31S2. The van der Waals surface area contributed by atoms with E-state index in [4.69, 9.17) is 90.5 Å². The van der Waals surface area contributed by atoms with E-state index in [1.165, 1.54) is 145 Å². The molecule has 716 valence electrons. The fourth-order valence-corrected chi connectivity index (χ4v) is 15.1. The topological polar surface area (TPSA) is 458 Å². The van der Waals surface area contributed by atoms with Crippen LogP contribution in [0.5, 0.6) is 51.7 Å². The maximum Gasteiger partial charge on any atom is 0.343 e. The van der Waals surface area contributed by atoms with Crippen LogP contribution in [0.3, 0.4) is 0 Å². The molecule has 0 spiro atoms. The SMILES string of the molecule is C.C.C.C.C=CC(=O)OCC(COc1ccc(OC(=O)C2CCC(C(=O)Oc3ccc(OC(=O)C4CCC(C(=O)Oc5ccc(C(=O)OCOCC6CO6)cc5)CC4)c4nc(-c5ccc([N+](=O)[O-])cc5)sc34)CC2)cc1)OC(=O)C=C.C=CC(=O)OCOc1ccc(C(=O)Oc2ccc(OC(=O)c3ccc(OCC(COC(=O)C=C)OC(=O)C=C)cc3)c3nc(-c4ccc(C#N)cc4)sc23)cc1. The Morgan fingerprint density at radius 1 is 0.409 bits per heavy atom. The van der Waals surface area contributed by atoms with Gasteiger partial charge in [-0.05, 0) is 197 Å². The van der Waals surface area contributed by atoms with Crippen LogP contribution in [0, 0.1) is 45.1 Å². The van der Waals surface area contributed by atoms with E-state index >= 15 is 0 Å². The van der Waals surface area contributed by atoms with Crippen molar-refractivity contribution >= 4 is 120 Å². The molecule has 35 nitrogen and oxygen atoms in total. The summed E-state index contributed by atoms with van der Waals surface area (Å²) in [5.41, 5.74) is 2.61. The predicted molar refractivity (Wildman–Crippen MR) is 499 cm³/mol. The standard InChI is InChI=1S/C55H52N2O19S.C41H30N2O12S.4CH4/c1-3-46(58)70-30-43(72-47(59)4-2)29-68-39-21-23-41(24-22-39)74-53(62)35-7-11-37(12-8-35)55(64)76-45-26-25-44(48-49(45)77-50(56-48)32-13-17-38(18-14-32)57(65)66)75-54(63)36-9-5-34(6-10-36)52(61)73-40-19-15-33(16-20-40)51(60)71-31-67-27-42-28-69-42;1-4-34(44)50-23-31(53-36(46)6-3)22-49-29-15-11-27(12-16-29)40(47)54-32-19-20-33(38-37(32)43-39(56-38)26-9-7-25(21-42)8-10-26)55-41(48)28-13-17-30(18-14-28)51-24-52-35(45)5-2;;;;/h3-4,13-26,34-37,42-43H,1-2,5-12,27-31H2;4-20,31H,1-3,22-24H2;4*1H4. The summed E-state index contributed by atoms with van der Waals surface area (Å²) in [7, 11) is 0. The summed E-state index contributed by atoms with van der Waals surface area (Å²) in [5, 5.41) is 21.5. The number of carbonyl (C=O) groups excluding carboxylic acids is 12. The minimum Gasteiger partial charge on any atom is -0.490 e. The average Bonchev–Trinajstić information content (AvgIpc) is 1.63. The number of nitro benzene ring substituents is 1. The molecule has 137 heavy (non-hydrogen) atoms. The maximum atomic E-state index is 13.7. The highest BCUT2D eigenvalue weighted by molar-refractivity contribution is 7.22. The molecule has 0 N–H and O–H groups in total. The number of esters is 12. The zero-order valence-electron chi connectivity index (χ0n) is 70.7. The number of fused-ring (bicyclic) bond motifs is 2. The van der Waals surface area contributed by atoms with E-state index in [-0.39, 0.29) is 144 Å². The van der Waals surface area contributed by atoms with E-state index in [1.54, 1.807) is 36.4 Å². The summed E-state index contributed by atoms with van der Waals surface area (Å²) in [6, 6.07) is 44.5. The first-order valence-corrected chi connectivity index (χ1v) is 42.6. The number of nitro groups is 1. The lowest BCUT2D eigenvalue weighted by Crippen LogP contribution is -2.30. The zero-order valence-corrected chi connectivity index (χ0v) is 72.3. The van der Waals surface area contributed by atoms with E-state index in [1.807, 2.05) is 0 Å². The van der Waals surface area contributed by atoms with Crippen LogP contribution in [0.1, 0.15) is 118 Å². The molecule has 2 aliphatic carbocycles. The van der Waals surface area contributed by atoms with Crippen LogP contribution in [0.25, 0.3) is 41.6 Å². The average molecular weight is 1920 g/mol. The Morgan fingerprint density at radius 3 is 1.16 bits per heavy atom. The number of benzene rings is 8. The lowest BCUT2D eigenvalue weighted by atomic mass is 9.82. The molecule has 3 atom stereocenters. The van der Waals surface area contributed by atoms with Crippen molar-refractivity contribution in [2.45, 2.75) is 99.4 Å². The minimum atomic E-state index is -0.951. The van der Waals surface area contributed by atoms with Crippen LogP contribution >= 0.6 is 22.7 Å². The van der Waals surface area contributed by atoms with Gasteiger partial charge in [-0.25, -0.2) is 48.3 Å². The van der Waals surface area contributed by atoms with Gasteiger partial charge in [-0.1, -0.05) is 74.7 Å². The summed E-state index contributed by atoms with van der Waals surface area (Å²) in [6.07, 6.45) is 5.78. The molecule has 0 radical (unpaired) electrons. The van der Waals surface area contributed by atoms with Crippen LogP contribution < -0.4 is 42.6 Å². The Morgan fingerprint density at radius 2 is 0.752 bits per heavy atom. The summed E-state index contributed by atoms with van der Waals surface area (Å²) in [6.45, 7) is 16.2. The van der Waals surface area contributed by atoms with Gasteiger partial charge < -0.3 is 80.5 Å². The molecule has 1 saturated heterocycles. The smallest absolute Gasteiger partial charge is 0.343 e. The highest BCUT2D eigenvalue weighted by Crippen LogP contribution is 2.45. The van der Waals surface area contributed by atoms with E-state index in [0.717, 1.165) is 41.7 Å². The van der Waals surface area contributed by atoms with Crippen LogP contribution in [0.15, 0.2) is 233 Å². The van der Waals surface area contributed by atoms with Crippen molar-refractivity contribution in [1.29, 1.82) is 5.26 Å². The zero-order chi connectivity index (χ0) is 94.5. The van der Waals surface area contributed by atoms with Crippen LogP contribution in [0.4, 0.5) is 5.69 Å². The molecule has 3 fully saturated rings. The third-order valence-electron chi connectivity index (χ3n) is 20.2. The number of rotatable bonds is 40. The Balaban J connectivity index is 0.000000343. The van der Waals surface area contributed by atoms with Gasteiger partial charge in [0, 0.05) is 53.6 Å². The second-order valence-electron chi connectivity index (χ2n) is 29.2. The molecule has 0 amide bonds. The van der Waals surface area contributed by atoms with Gasteiger partial charge in [0.05, 0.1) is 70.1 Å². The molecule has 10 aromatic rings. The third kappa shape index (κ3) is 30.6. The first-order chi connectivity index (χ1) is 64.3. The first-order valence-electron chi connectivity index (χ1n) is 41.0. The van der Waals surface area contributed by atoms with E-state index in [9.17, 15) is 72.9 Å². The number of thiazole rings is 2. The number of hydrogen-bond acceptors (Lipinski definition) is 36. The third-order valence-corrected chi connectivity index (χ3v) is 22.4. The summed E-state index contributed by atoms with van der Waals surface area (Å²) < 4.78 is 92.7. The van der Waals surface area contributed by atoms with E-state index in [0.29, 0.717) is 118 Å². The van der Waals surface area contributed by atoms with E-state index in [2.05, 4.69) is 39.0 Å². The van der Waals surface area contributed by atoms with Gasteiger partial charge in [0.1, 0.15) is 91.7 Å². The molecule has 3 heterocycles. The maximum absolute atomic E-state index is 13.7. The summed E-state index contributed by atoms with van der Waals surface area (Å²) in [5.74, 6) is -7.61. The fourth-order valence-electron chi connectivity index (χ4n) is 13.0. The molecule has 2 aromatic heterocycles. The van der Waals surface area contributed by atoms with Crippen molar-refractivity contribution in [3.05, 3.63) is 266 Å². The van der Waals surface area contributed by atoms with Crippen molar-refractivity contribution in [3.8, 4) is 79.0 Å². The molecule has 13 rings (SSSR count). The summed E-state index contributed by atoms with van der Waals surface area (Å²) in [4.78, 5) is 171. The summed E-state index contributed by atoms with van der Waals surface area (Å²) >= 11 is 2.33. The van der Waals surface area contributed by atoms with Gasteiger partial charge in [0.2, 0.25) is 6.79 Å². The number of nitriles is 1. The minimum absolute atomic E-state index is 0. The normalized spacial score (nSPS) is 15.1. The largest absolute Gasteiger partial charge is 0.490 e. The van der Waals surface area contributed by atoms with Gasteiger partial charge in [-0.3, -0.25) is 29.3 Å². The van der Waals surface area contributed by atoms with Crippen LogP contribution in [-0.2, 0) is 81.0 Å². The number of epoxide rings is 1. The molecule has 0 bridgehead atoms.